The summed E-state index contributed by atoms with van der Waals surface area (Å²) in [5.41, 5.74) is 2.43. The zero-order valence-electron chi connectivity index (χ0n) is 12.8. The summed E-state index contributed by atoms with van der Waals surface area (Å²) in [5, 5.41) is 18.4. The van der Waals surface area contributed by atoms with E-state index in [1.54, 1.807) is 18.3 Å². The van der Waals surface area contributed by atoms with Gasteiger partial charge in [0.1, 0.15) is 11.9 Å². The van der Waals surface area contributed by atoms with Gasteiger partial charge in [-0.3, -0.25) is 4.90 Å². The zero-order chi connectivity index (χ0) is 16.1. The van der Waals surface area contributed by atoms with Crippen molar-refractivity contribution in [3.8, 4) is 12.1 Å². The minimum atomic E-state index is 0.621. The molecule has 114 valence electrons. The molecule has 5 nitrogen and oxygen atoms in total. The quantitative estimate of drug-likeness (QED) is 0.869. The first kappa shape index (κ1) is 15.0. The molecule has 1 aliphatic heterocycles. The van der Waals surface area contributed by atoms with Crippen molar-refractivity contribution >= 4 is 5.82 Å². The Morgan fingerprint density at radius 1 is 0.913 bits per heavy atom. The summed E-state index contributed by atoms with van der Waals surface area (Å²) in [6, 6.07) is 15.8. The number of anilines is 1. The van der Waals surface area contributed by atoms with Gasteiger partial charge in [0.05, 0.1) is 17.2 Å². The Bertz CT molecular complexity index is 763. The molecule has 0 radical (unpaired) electrons. The number of benzene rings is 1. The van der Waals surface area contributed by atoms with Crippen molar-refractivity contribution in [1.82, 2.24) is 9.88 Å². The first-order chi connectivity index (χ1) is 11.3. The third-order valence-electron chi connectivity index (χ3n) is 4.11. The summed E-state index contributed by atoms with van der Waals surface area (Å²) in [4.78, 5) is 8.84. The molecule has 1 saturated heterocycles. The predicted molar refractivity (Wildman–Crippen MR) is 87.6 cm³/mol. The van der Waals surface area contributed by atoms with Crippen molar-refractivity contribution in [2.24, 2.45) is 0 Å². The first-order valence-electron chi connectivity index (χ1n) is 7.62. The van der Waals surface area contributed by atoms with Gasteiger partial charge in [0.15, 0.2) is 0 Å². The molecule has 1 aliphatic rings. The Morgan fingerprint density at radius 2 is 1.61 bits per heavy atom. The summed E-state index contributed by atoms with van der Waals surface area (Å²) in [7, 11) is 0. The summed E-state index contributed by atoms with van der Waals surface area (Å²) in [6.45, 7) is 4.23. The van der Waals surface area contributed by atoms with E-state index in [0.717, 1.165) is 49.7 Å². The lowest BCUT2D eigenvalue weighted by Crippen LogP contribution is -2.46. The lowest BCUT2D eigenvalue weighted by Gasteiger charge is -2.35. The van der Waals surface area contributed by atoms with E-state index in [1.165, 1.54) is 0 Å². The number of piperazine rings is 1. The van der Waals surface area contributed by atoms with Crippen molar-refractivity contribution in [1.29, 1.82) is 10.5 Å². The first-order valence-corrected chi connectivity index (χ1v) is 7.62. The standard InChI is InChI=1S/C18H17N5/c19-12-15-4-1-2-5-17(15)14-22-8-10-23(11-9-22)18-16(13-20)6-3-7-21-18/h1-7H,8-11,14H2. The maximum Gasteiger partial charge on any atom is 0.146 e. The monoisotopic (exact) mass is 303 g/mol. The van der Waals surface area contributed by atoms with Gasteiger partial charge in [-0.25, -0.2) is 4.98 Å². The van der Waals surface area contributed by atoms with E-state index in [2.05, 4.69) is 26.9 Å². The third-order valence-corrected chi connectivity index (χ3v) is 4.11. The van der Waals surface area contributed by atoms with Crippen LogP contribution in [0.1, 0.15) is 16.7 Å². The Hall–Kier alpha value is -2.89. The second-order valence-electron chi connectivity index (χ2n) is 5.52. The molecule has 0 aliphatic carbocycles. The average molecular weight is 303 g/mol. The fraction of sp³-hybridized carbons (Fsp3) is 0.278. The predicted octanol–water partition coefficient (Wildman–Crippen LogP) is 2.15. The molecule has 5 heteroatoms. The number of aromatic nitrogens is 1. The molecular formula is C18H17N5. The van der Waals surface area contributed by atoms with Crippen LogP contribution in [0.2, 0.25) is 0 Å². The van der Waals surface area contributed by atoms with E-state index in [0.29, 0.717) is 5.56 Å². The Kier molecular flexibility index (Phi) is 4.52. The smallest absolute Gasteiger partial charge is 0.146 e. The lowest BCUT2D eigenvalue weighted by molar-refractivity contribution is 0.249. The summed E-state index contributed by atoms with van der Waals surface area (Å²) < 4.78 is 0. The van der Waals surface area contributed by atoms with E-state index in [9.17, 15) is 10.5 Å². The normalized spacial score (nSPS) is 15.0. The van der Waals surface area contributed by atoms with E-state index in [4.69, 9.17) is 0 Å². The maximum absolute atomic E-state index is 9.20. The van der Waals surface area contributed by atoms with E-state index in [1.807, 2.05) is 24.3 Å². The molecule has 0 N–H and O–H groups in total. The number of rotatable bonds is 3. The summed E-state index contributed by atoms with van der Waals surface area (Å²) in [6.07, 6.45) is 1.73. The van der Waals surface area contributed by atoms with Gasteiger partial charge in [-0.2, -0.15) is 10.5 Å². The van der Waals surface area contributed by atoms with Crippen LogP contribution in [0.4, 0.5) is 5.82 Å². The molecule has 0 amide bonds. The molecule has 1 fully saturated rings. The zero-order valence-corrected chi connectivity index (χ0v) is 12.8. The van der Waals surface area contributed by atoms with Crippen LogP contribution in [0.5, 0.6) is 0 Å². The molecule has 23 heavy (non-hydrogen) atoms. The van der Waals surface area contributed by atoms with Crippen LogP contribution in [0.25, 0.3) is 0 Å². The SMILES string of the molecule is N#Cc1ccccc1CN1CCN(c2ncccc2C#N)CC1. The fourth-order valence-electron chi connectivity index (χ4n) is 2.86. The van der Waals surface area contributed by atoms with Gasteiger partial charge in [-0.15, -0.1) is 0 Å². The molecule has 1 aromatic heterocycles. The number of hydrogen-bond acceptors (Lipinski definition) is 5. The number of nitrogens with zero attached hydrogens (tertiary/aromatic N) is 5. The van der Waals surface area contributed by atoms with Gasteiger partial charge in [-0.05, 0) is 23.8 Å². The Morgan fingerprint density at radius 3 is 2.35 bits per heavy atom. The van der Waals surface area contributed by atoms with Crippen LogP contribution in [-0.2, 0) is 6.54 Å². The number of pyridine rings is 1. The van der Waals surface area contributed by atoms with Crippen molar-refractivity contribution in [2.45, 2.75) is 6.54 Å². The largest absolute Gasteiger partial charge is 0.353 e. The Balaban J connectivity index is 1.65. The highest BCUT2D eigenvalue weighted by atomic mass is 15.3. The highest BCUT2D eigenvalue weighted by Crippen LogP contribution is 2.19. The molecular weight excluding hydrogens is 286 g/mol. The molecule has 0 atom stereocenters. The van der Waals surface area contributed by atoms with Crippen molar-refractivity contribution < 1.29 is 0 Å². The highest BCUT2D eigenvalue weighted by molar-refractivity contribution is 5.53. The molecule has 2 aromatic rings. The third kappa shape index (κ3) is 3.31. The minimum absolute atomic E-state index is 0.621. The summed E-state index contributed by atoms with van der Waals surface area (Å²) in [5.74, 6) is 0.770. The van der Waals surface area contributed by atoms with Crippen molar-refractivity contribution in [3.05, 3.63) is 59.3 Å². The molecule has 0 spiro atoms. The van der Waals surface area contributed by atoms with Crippen molar-refractivity contribution in [2.75, 3.05) is 31.1 Å². The van der Waals surface area contributed by atoms with E-state index in [-0.39, 0.29) is 0 Å². The van der Waals surface area contributed by atoms with Gasteiger partial charge in [-0.1, -0.05) is 18.2 Å². The van der Waals surface area contributed by atoms with Gasteiger partial charge in [0.2, 0.25) is 0 Å². The Labute approximate surface area is 136 Å². The van der Waals surface area contributed by atoms with E-state index >= 15 is 0 Å². The number of hydrogen-bond donors (Lipinski definition) is 0. The van der Waals surface area contributed by atoms with Crippen LogP contribution in [0.15, 0.2) is 42.6 Å². The molecule has 0 unspecified atom stereocenters. The molecule has 3 rings (SSSR count). The number of nitriles is 2. The van der Waals surface area contributed by atoms with Crippen LogP contribution in [0.3, 0.4) is 0 Å². The molecule has 1 aromatic carbocycles. The van der Waals surface area contributed by atoms with Gasteiger partial charge in [0.25, 0.3) is 0 Å². The van der Waals surface area contributed by atoms with Crippen LogP contribution in [-0.4, -0.2) is 36.1 Å². The van der Waals surface area contributed by atoms with Crippen LogP contribution >= 0.6 is 0 Å². The van der Waals surface area contributed by atoms with Gasteiger partial charge >= 0.3 is 0 Å². The molecule has 0 bridgehead atoms. The van der Waals surface area contributed by atoms with Crippen LogP contribution < -0.4 is 4.90 Å². The topological polar surface area (TPSA) is 67.0 Å². The minimum Gasteiger partial charge on any atom is -0.353 e. The lowest BCUT2D eigenvalue weighted by atomic mass is 10.1. The second kappa shape index (κ2) is 6.91. The van der Waals surface area contributed by atoms with Gasteiger partial charge < -0.3 is 4.90 Å². The van der Waals surface area contributed by atoms with Crippen LogP contribution in [0, 0.1) is 22.7 Å². The average Bonchev–Trinajstić information content (AvgIpc) is 2.63. The molecule has 2 heterocycles. The fourth-order valence-corrected chi connectivity index (χ4v) is 2.86. The van der Waals surface area contributed by atoms with Gasteiger partial charge in [0, 0.05) is 38.9 Å². The van der Waals surface area contributed by atoms with E-state index < -0.39 is 0 Å². The highest BCUT2D eigenvalue weighted by Gasteiger charge is 2.20. The maximum atomic E-state index is 9.20. The van der Waals surface area contributed by atoms with Crippen molar-refractivity contribution in [3.63, 3.8) is 0 Å². The molecule has 0 saturated carbocycles. The second-order valence-corrected chi connectivity index (χ2v) is 5.52. The summed E-state index contributed by atoms with van der Waals surface area (Å²) >= 11 is 0.